The van der Waals surface area contributed by atoms with E-state index in [-0.39, 0.29) is 11.5 Å². The zero-order chi connectivity index (χ0) is 22.9. The zero-order valence-electron chi connectivity index (χ0n) is 17.4. The number of nitrogens with zero attached hydrogens (tertiary/aromatic N) is 5. The Bertz CT molecular complexity index is 1400. The van der Waals surface area contributed by atoms with E-state index in [9.17, 15) is 14.4 Å². The van der Waals surface area contributed by atoms with Crippen molar-refractivity contribution in [2.45, 2.75) is 12.8 Å². The minimum Gasteiger partial charge on any atom is -0.285 e. The molecule has 5 rings (SSSR count). The molecule has 2 aromatic carbocycles. The average Bonchev–Trinajstić information content (AvgIpc) is 3.49. The molecule has 2 aromatic heterocycles. The molecule has 164 valence electrons. The third-order valence-electron chi connectivity index (χ3n) is 5.65. The van der Waals surface area contributed by atoms with Crippen molar-refractivity contribution in [3.8, 4) is 28.5 Å². The standard InChI is InChI=1S/C24H18ClFN6O/c25-17-5-3-15(4-6-17)22-20(19-8-7-18(26)11-16(19)12-27)13-28-23-21(14-29-32(22)23)24(33)30-31-9-1-2-10-31/h3-8,11,13-14H,1-2,9-10H2,(H,30,33). The normalized spacial score (nSPS) is 13.8. The smallest absolute Gasteiger partial charge is 0.271 e. The Hall–Kier alpha value is -3.80. The Kier molecular flexibility index (Phi) is 5.50. The molecule has 0 aliphatic carbocycles. The maximum absolute atomic E-state index is 13.8. The average molecular weight is 461 g/mol. The highest BCUT2D eigenvalue weighted by Crippen LogP contribution is 2.35. The van der Waals surface area contributed by atoms with Gasteiger partial charge in [-0.1, -0.05) is 29.8 Å². The van der Waals surface area contributed by atoms with Crippen molar-refractivity contribution in [3.05, 3.63) is 76.8 Å². The second kappa shape index (κ2) is 8.62. The van der Waals surface area contributed by atoms with Gasteiger partial charge in [-0.15, -0.1) is 0 Å². The van der Waals surface area contributed by atoms with E-state index in [1.807, 2.05) is 23.2 Å². The van der Waals surface area contributed by atoms with Gasteiger partial charge in [0, 0.05) is 41.0 Å². The van der Waals surface area contributed by atoms with Crippen molar-refractivity contribution in [1.82, 2.24) is 25.0 Å². The summed E-state index contributed by atoms with van der Waals surface area (Å²) in [6.45, 7) is 1.61. The largest absolute Gasteiger partial charge is 0.285 e. The summed E-state index contributed by atoms with van der Waals surface area (Å²) in [5, 5.41) is 16.5. The highest BCUT2D eigenvalue weighted by molar-refractivity contribution is 6.30. The van der Waals surface area contributed by atoms with E-state index in [0.29, 0.717) is 33.1 Å². The van der Waals surface area contributed by atoms with Crippen LogP contribution in [0.2, 0.25) is 5.02 Å². The summed E-state index contributed by atoms with van der Waals surface area (Å²) in [6.07, 6.45) is 5.14. The third kappa shape index (κ3) is 3.93. The number of amides is 1. The molecule has 1 amide bonds. The number of nitriles is 1. The minimum absolute atomic E-state index is 0.172. The molecule has 0 atom stereocenters. The molecule has 1 saturated heterocycles. The van der Waals surface area contributed by atoms with E-state index in [1.165, 1.54) is 18.3 Å². The molecule has 1 N–H and O–H groups in total. The Balaban J connectivity index is 1.70. The summed E-state index contributed by atoms with van der Waals surface area (Å²) >= 11 is 6.09. The van der Waals surface area contributed by atoms with Crippen LogP contribution in [0.4, 0.5) is 4.39 Å². The number of rotatable bonds is 4. The molecular formula is C24H18ClFN6O. The second-order valence-corrected chi connectivity index (χ2v) is 8.19. The molecular weight excluding hydrogens is 443 g/mol. The van der Waals surface area contributed by atoms with E-state index in [4.69, 9.17) is 11.6 Å². The lowest BCUT2D eigenvalue weighted by molar-refractivity contribution is 0.0827. The molecule has 3 heterocycles. The quantitative estimate of drug-likeness (QED) is 0.485. The summed E-state index contributed by atoms with van der Waals surface area (Å²) in [6, 6.07) is 13.2. The Morgan fingerprint density at radius 2 is 1.85 bits per heavy atom. The van der Waals surface area contributed by atoms with Crippen molar-refractivity contribution in [3.63, 3.8) is 0 Å². The van der Waals surface area contributed by atoms with Gasteiger partial charge in [-0.25, -0.2) is 18.9 Å². The molecule has 1 aliphatic rings. The Morgan fingerprint density at radius 1 is 1.09 bits per heavy atom. The van der Waals surface area contributed by atoms with Gasteiger partial charge >= 0.3 is 0 Å². The van der Waals surface area contributed by atoms with Crippen LogP contribution in [0.25, 0.3) is 28.0 Å². The number of hydrogen-bond donors (Lipinski definition) is 1. The molecule has 0 bridgehead atoms. The molecule has 4 aromatic rings. The van der Waals surface area contributed by atoms with Crippen LogP contribution in [0.15, 0.2) is 54.9 Å². The summed E-state index contributed by atoms with van der Waals surface area (Å²) < 4.78 is 15.4. The van der Waals surface area contributed by atoms with Crippen LogP contribution in [-0.4, -0.2) is 38.6 Å². The number of carbonyl (C=O) groups is 1. The van der Waals surface area contributed by atoms with Gasteiger partial charge in [-0.05, 0) is 37.1 Å². The van der Waals surface area contributed by atoms with Crippen molar-refractivity contribution < 1.29 is 9.18 Å². The first-order chi connectivity index (χ1) is 16.0. The van der Waals surface area contributed by atoms with Crippen LogP contribution in [0.3, 0.4) is 0 Å². The predicted octanol–water partition coefficient (Wildman–Crippen LogP) is 4.47. The highest BCUT2D eigenvalue weighted by atomic mass is 35.5. The Morgan fingerprint density at radius 3 is 2.58 bits per heavy atom. The SMILES string of the molecule is N#Cc1cc(F)ccc1-c1cnc2c(C(=O)NN3CCCC3)cnn2c1-c1ccc(Cl)cc1. The number of hydrogen-bond acceptors (Lipinski definition) is 5. The van der Waals surface area contributed by atoms with Gasteiger partial charge in [-0.3, -0.25) is 10.2 Å². The predicted molar refractivity (Wildman–Crippen MR) is 122 cm³/mol. The monoisotopic (exact) mass is 460 g/mol. The molecule has 1 aliphatic heterocycles. The van der Waals surface area contributed by atoms with Crippen LogP contribution >= 0.6 is 11.6 Å². The number of nitrogens with one attached hydrogen (secondary N) is 1. The fraction of sp³-hybridized carbons (Fsp3) is 0.167. The van der Waals surface area contributed by atoms with Gasteiger partial charge in [0.05, 0.1) is 23.5 Å². The van der Waals surface area contributed by atoms with Crippen molar-refractivity contribution in [1.29, 1.82) is 5.26 Å². The number of hydrazine groups is 1. The van der Waals surface area contributed by atoms with Gasteiger partial charge in [-0.2, -0.15) is 10.4 Å². The molecule has 0 saturated carbocycles. The third-order valence-corrected chi connectivity index (χ3v) is 5.90. The van der Waals surface area contributed by atoms with E-state index in [0.717, 1.165) is 31.5 Å². The van der Waals surface area contributed by atoms with E-state index in [1.54, 1.807) is 28.9 Å². The van der Waals surface area contributed by atoms with Gasteiger partial charge in [0.25, 0.3) is 5.91 Å². The molecule has 1 fully saturated rings. The van der Waals surface area contributed by atoms with Gasteiger partial charge in [0.2, 0.25) is 0 Å². The van der Waals surface area contributed by atoms with Crippen LogP contribution in [-0.2, 0) is 0 Å². The maximum Gasteiger partial charge on any atom is 0.271 e. The fourth-order valence-corrected chi connectivity index (χ4v) is 4.18. The first kappa shape index (κ1) is 21.1. The lowest BCUT2D eigenvalue weighted by Crippen LogP contribution is -2.40. The zero-order valence-corrected chi connectivity index (χ0v) is 18.2. The number of fused-ring (bicyclic) bond motifs is 1. The van der Waals surface area contributed by atoms with Gasteiger partial charge in [0.1, 0.15) is 11.4 Å². The molecule has 7 nitrogen and oxygen atoms in total. The van der Waals surface area contributed by atoms with Crippen molar-refractivity contribution in [2.75, 3.05) is 13.1 Å². The Labute approximate surface area is 194 Å². The number of carbonyl (C=O) groups excluding carboxylic acids is 1. The molecule has 0 spiro atoms. The first-order valence-electron chi connectivity index (χ1n) is 10.4. The molecule has 9 heteroatoms. The molecule has 33 heavy (non-hydrogen) atoms. The van der Waals surface area contributed by atoms with Crippen LogP contribution in [0, 0.1) is 17.1 Å². The second-order valence-electron chi connectivity index (χ2n) is 7.76. The highest BCUT2D eigenvalue weighted by Gasteiger charge is 2.23. The first-order valence-corrected chi connectivity index (χ1v) is 10.8. The number of benzene rings is 2. The van der Waals surface area contributed by atoms with E-state index >= 15 is 0 Å². The molecule has 0 unspecified atom stereocenters. The molecule has 0 radical (unpaired) electrons. The topological polar surface area (TPSA) is 86.3 Å². The maximum atomic E-state index is 13.8. The minimum atomic E-state index is -0.502. The van der Waals surface area contributed by atoms with E-state index in [2.05, 4.69) is 15.5 Å². The van der Waals surface area contributed by atoms with Crippen LogP contribution < -0.4 is 5.43 Å². The van der Waals surface area contributed by atoms with Crippen LogP contribution in [0.5, 0.6) is 0 Å². The summed E-state index contributed by atoms with van der Waals surface area (Å²) in [5.41, 5.74) is 6.25. The van der Waals surface area contributed by atoms with Gasteiger partial charge in [0.15, 0.2) is 5.65 Å². The lowest BCUT2D eigenvalue weighted by atomic mass is 9.97. The summed E-state index contributed by atoms with van der Waals surface area (Å²) in [4.78, 5) is 17.4. The fourth-order valence-electron chi connectivity index (χ4n) is 4.05. The lowest BCUT2D eigenvalue weighted by Gasteiger charge is -2.16. The summed E-state index contributed by atoms with van der Waals surface area (Å²) in [5.74, 6) is -0.786. The summed E-state index contributed by atoms with van der Waals surface area (Å²) in [7, 11) is 0. The number of halogens is 2. The van der Waals surface area contributed by atoms with E-state index < -0.39 is 5.82 Å². The van der Waals surface area contributed by atoms with Crippen molar-refractivity contribution >= 4 is 23.2 Å². The number of aromatic nitrogens is 3. The van der Waals surface area contributed by atoms with Crippen LogP contribution in [0.1, 0.15) is 28.8 Å². The van der Waals surface area contributed by atoms with Crippen molar-refractivity contribution in [2.24, 2.45) is 0 Å². The van der Waals surface area contributed by atoms with Gasteiger partial charge < -0.3 is 0 Å².